The Morgan fingerprint density at radius 2 is 1.83 bits per heavy atom. The van der Waals surface area contributed by atoms with Crippen molar-refractivity contribution in [2.45, 2.75) is 33.1 Å². The van der Waals surface area contributed by atoms with Gasteiger partial charge in [0, 0.05) is 25.0 Å². The Bertz CT molecular complexity index is 1050. The quantitative estimate of drug-likeness (QED) is 0.732. The van der Waals surface area contributed by atoms with Crippen molar-refractivity contribution in [3.8, 4) is 0 Å². The van der Waals surface area contributed by atoms with Crippen molar-refractivity contribution in [2.24, 2.45) is 5.92 Å². The van der Waals surface area contributed by atoms with Crippen molar-refractivity contribution >= 4 is 23.0 Å². The van der Waals surface area contributed by atoms with Gasteiger partial charge in [-0.05, 0) is 48.9 Å². The van der Waals surface area contributed by atoms with Gasteiger partial charge in [0.1, 0.15) is 0 Å². The number of hydrogen-bond acceptors (Lipinski definition) is 3. The molecular formula is C23H26N4O2. The van der Waals surface area contributed by atoms with E-state index in [9.17, 15) is 9.59 Å². The molecule has 1 aliphatic rings. The number of aryl methyl sites for hydroxylation is 1. The second-order valence-corrected chi connectivity index (χ2v) is 7.68. The summed E-state index contributed by atoms with van der Waals surface area (Å²) in [4.78, 5) is 32.5. The number of nitrogens with one attached hydrogen (secondary N) is 1. The van der Waals surface area contributed by atoms with Crippen molar-refractivity contribution in [1.29, 1.82) is 0 Å². The highest BCUT2D eigenvalue weighted by atomic mass is 16.2. The average molecular weight is 390 g/mol. The summed E-state index contributed by atoms with van der Waals surface area (Å²) in [6.07, 6.45) is 4.60. The summed E-state index contributed by atoms with van der Waals surface area (Å²) in [7, 11) is 0. The molecule has 0 radical (unpaired) electrons. The van der Waals surface area contributed by atoms with Gasteiger partial charge in [0.15, 0.2) is 5.69 Å². The Morgan fingerprint density at radius 3 is 2.59 bits per heavy atom. The zero-order valence-corrected chi connectivity index (χ0v) is 16.9. The van der Waals surface area contributed by atoms with E-state index in [0.29, 0.717) is 17.3 Å². The van der Waals surface area contributed by atoms with Crippen molar-refractivity contribution in [2.75, 3.05) is 18.4 Å². The second kappa shape index (κ2) is 8.07. The Balaban J connectivity index is 1.67. The number of imidazole rings is 1. The number of amides is 2. The summed E-state index contributed by atoms with van der Waals surface area (Å²) in [5.74, 6) is 0.507. The number of para-hydroxylation sites is 1. The maximum atomic E-state index is 13.1. The van der Waals surface area contributed by atoms with Gasteiger partial charge in [-0.25, -0.2) is 4.98 Å². The van der Waals surface area contributed by atoms with E-state index in [1.54, 1.807) is 10.6 Å². The maximum Gasteiger partial charge on any atom is 0.290 e. The van der Waals surface area contributed by atoms with Crippen LogP contribution < -0.4 is 5.32 Å². The summed E-state index contributed by atoms with van der Waals surface area (Å²) < 4.78 is 1.72. The van der Waals surface area contributed by atoms with E-state index in [-0.39, 0.29) is 17.5 Å². The average Bonchev–Trinajstić information content (AvgIpc) is 3.14. The van der Waals surface area contributed by atoms with E-state index in [1.165, 1.54) is 0 Å². The third kappa shape index (κ3) is 3.75. The molecule has 3 heterocycles. The second-order valence-electron chi connectivity index (χ2n) is 7.68. The molecule has 1 aromatic carbocycles. The third-order valence-electron chi connectivity index (χ3n) is 5.67. The maximum absolute atomic E-state index is 13.1. The lowest BCUT2D eigenvalue weighted by Gasteiger charge is -2.29. The first-order chi connectivity index (χ1) is 14.1. The molecule has 1 N–H and O–H groups in total. The molecule has 4 rings (SSSR count). The molecule has 0 saturated carbocycles. The minimum Gasteiger partial charge on any atom is -0.336 e. The smallest absolute Gasteiger partial charge is 0.290 e. The molecule has 3 aromatic rings. The number of nitrogens with zero attached hydrogens (tertiary/aromatic N) is 3. The highest BCUT2D eigenvalue weighted by Crippen LogP contribution is 2.22. The lowest BCUT2D eigenvalue weighted by atomic mass is 9.99. The Hall–Kier alpha value is -3.15. The van der Waals surface area contributed by atoms with Gasteiger partial charge in [-0.1, -0.05) is 38.1 Å². The molecular weight excluding hydrogens is 364 g/mol. The predicted octanol–water partition coefficient (Wildman–Crippen LogP) is 4.02. The molecule has 1 aliphatic heterocycles. The van der Waals surface area contributed by atoms with Crippen LogP contribution in [-0.4, -0.2) is 39.2 Å². The summed E-state index contributed by atoms with van der Waals surface area (Å²) >= 11 is 0. The number of carbonyl (C=O) groups is 2. The number of likely N-dealkylation sites (tertiary alicyclic amines) is 1. The number of hydrogen-bond donors (Lipinski definition) is 1. The van der Waals surface area contributed by atoms with E-state index >= 15 is 0 Å². The number of piperidine rings is 1. The van der Waals surface area contributed by atoms with Gasteiger partial charge in [-0.2, -0.15) is 0 Å². The van der Waals surface area contributed by atoms with Gasteiger partial charge in [0.25, 0.3) is 11.8 Å². The zero-order chi connectivity index (χ0) is 20.4. The highest BCUT2D eigenvalue weighted by Gasteiger charge is 2.27. The number of aromatic nitrogens is 2. The number of benzene rings is 1. The van der Waals surface area contributed by atoms with Gasteiger partial charge < -0.3 is 10.2 Å². The largest absolute Gasteiger partial charge is 0.336 e. The minimum atomic E-state index is -0.305. The van der Waals surface area contributed by atoms with Crippen LogP contribution in [0.4, 0.5) is 5.69 Å². The lowest BCUT2D eigenvalue weighted by Crippen LogP contribution is -2.38. The van der Waals surface area contributed by atoms with Gasteiger partial charge >= 0.3 is 0 Å². The molecule has 0 aliphatic carbocycles. The highest BCUT2D eigenvalue weighted by molar-refractivity contribution is 6.09. The van der Waals surface area contributed by atoms with Gasteiger partial charge in [-0.3, -0.25) is 14.0 Å². The first kappa shape index (κ1) is 19.2. The van der Waals surface area contributed by atoms with E-state index in [4.69, 9.17) is 0 Å². The van der Waals surface area contributed by atoms with Gasteiger partial charge in [0.05, 0.1) is 5.52 Å². The standard InChI is InChI=1S/C23H26N4O2/c1-3-17-8-4-5-9-18(17)24-22(28)20-19-10-6-7-13-27(19)21(25-20)23(29)26-14-11-16(2)12-15-26/h4-10,13,16H,3,11-12,14-15H2,1-2H3,(H,24,28). The summed E-state index contributed by atoms with van der Waals surface area (Å²) in [6.45, 7) is 5.72. The molecule has 6 heteroatoms. The zero-order valence-electron chi connectivity index (χ0n) is 16.9. The monoisotopic (exact) mass is 390 g/mol. The minimum absolute atomic E-state index is 0.119. The van der Waals surface area contributed by atoms with Crippen LogP contribution in [-0.2, 0) is 6.42 Å². The lowest BCUT2D eigenvalue weighted by molar-refractivity contribution is 0.0684. The first-order valence-electron chi connectivity index (χ1n) is 10.2. The Morgan fingerprint density at radius 1 is 1.10 bits per heavy atom. The normalized spacial score (nSPS) is 14.9. The fourth-order valence-corrected chi connectivity index (χ4v) is 3.84. The van der Waals surface area contributed by atoms with Crippen LogP contribution in [0.2, 0.25) is 0 Å². The Labute approximate surface area is 170 Å². The summed E-state index contributed by atoms with van der Waals surface area (Å²) in [5, 5.41) is 2.97. The molecule has 150 valence electrons. The molecule has 6 nitrogen and oxygen atoms in total. The number of anilines is 1. The fraction of sp³-hybridized carbons (Fsp3) is 0.348. The van der Waals surface area contributed by atoms with E-state index < -0.39 is 0 Å². The molecule has 29 heavy (non-hydrogen) atoms. The van der Waals surface area contributed by atoms with Gasteiger partial charge in [0.2, 0.25) is 5.82 Å². The molecule has 0 spiro atoms. The van der Waals surface area contributed by atoms with Crippen molar-refractivity contribution in [3.63, 3.8) is 0 Å². The fourth-order valence-electron chi connectivity index (χ4n) is 3.84. The predicted molar refractivity (Wildman–Crippen MR) is 113 cm³/mol. The molecule has 0 bridgehead atoms. The molecule has 1 saturated heterocycles. The number of fused-ring (bicyclic) bond motifs is 1. The van der Waals surface area contributed by atoms with Crippen LogP contribution in [0.5, 0.6) is 0 Å². The molecule has 2 aromatic heterocycles. The molecule has 0 unspecified atom stereocenters. The number of rotatable bonds is 4. The molecule has 0 atom stereocenters. The summed E-state index contributed by atoms with van der Waals surface area (Å²) in [6, 6.07) is 13.2. The topological polar surface area (TPSA) is 66.7 Å². The van der Waals surface area contributed by atoms with Gasteiger partial charge in [-0.15, -0.1) is 0 Å². The van der Waals surface area contributed by atoms with Crippen molar-refractivity contribution in [3.05, 3.63) is 65.7 Å². The third-order valence-corrected chi connectivity index (χ3v) is 5.67. The van der Waals surface area contributed by atoms with Crippen molar-refractivity contribution in [1.82, 2.24) is 14.3 Å². The van der Waals surface area contributed by atoms with Crippen molar-refractivity contribution < 1.29 is 9.59 Å². The first-order valence-corrected chi connectivity index (χ1v) is 10.2. The van der Waals surface area contributed by atoms with Crippen LogP contribution in [0.1, 0.15) is 53.4 Å². The van der Waals surface area contributed by atoms with Crippen LogP contribution in [0.3, 0.4) is 0 Å². The number of pyridine rings is 1. The molecule has 1 fully saturated rings. The SMILES string of the molecule is CCc1ccccc1NC(=O)c1nc(C(=O)N2CCC(C)CC2)n2ccccc12. The molecule has 2 amide bonds. The van der Waals surface area contributed by atoms with E-state index in [0.717, 1.165) is 43.6 Å². The van der Waals surface area contributed by atoms with E-state index in [1.807, 2.05) is 54.3 Å². The van der Waals surface area contributed by atoms with Crippen LogP contribution in [0, 0.1) is 5.92 Å². The van der Waals surface area contributed by atoms with Crippen LogP contribution in [0.25, 0.3) is 5.52 Å². The Kier molecular flexibility index (Phi) is 5.34. The van der Waals surface area contributed by atoms with Crippen LogP contribution in [0.15, 0.2) is 48.7 Å². The van der Waals surface area contributed by atoms with E-state index in [2.05, 4.69) is 17.2 Å². The summed E-state index contributed by atoms with van der Waals surface area (Å²) in [5.41, 5.74) is 2.73. The number of carbonyl (C=O) groups excluding carboxylic acids is 2. The van der Waals surface area contributed by atoms with Crippen LogP contribution >= 0.6 is 0 Å².